The van der Waals surface area contributed by atoms with E-state index in [0.717, 1.165) is 11.4 Å². The van der Waals surface area contributed by atoms with Crippen LogP contribution in [-0.4, -0.2) is 61.4 Å². The summed E-state index contributed by atoms with van der Waals surface area (Å²) < 4.78 is 31.6. The highest BCUT2D eigenvalue weighted by atomic mass is 35.5. The van der Waals surface area contributed by atoms with Crippen molar-refractivity contribution in [3.63, 3.8) is 0 Å². The van der Waals surface area contributed by atoms with Gasteiger partial charge in [-0.15, -0.1) is 0 Å². The van der Waals surface area contributed by atoms with Gasteiger partial charge in [-0.2, -0.15) is 4.31 Å². The van der Waals surface area contributed by atoms with E-state index in [4.69, 9.17) is 28.3 Å². The molecule has 1 aliphatic rings. The molecule has 29 heavy (non-hydrogen) atoms. The molecule has 0 aromatic heterocycles. The number of hydrogen-bond acceptors (Lipinski definition) is 6. The number of sulfonamides is 1. The Morgan fingerprint density at radius 3 is 2.45 bits per heavy atom. The van der Waals surface area contributed by atoms with Crippen molar-refractivity contribution in [2.75, 3.05) is 13.7 Å². The summed E-state index contributed by atoms with van der Waals surface area (Å²) in [5.41, 5.74) is 0. The van der Waals surface area contributed by atoms with Crippen LogP contribution < -0.4 is 5.32 Å². The first-order chi connectivity index (χ1) is 13.6. The fourth-order valence-electron chi connectivity index (χ4n) is 3.03. The van der Waals surface area contributed by atoms with Gasteiger partial charge in [0.2, 0.25) is 15.9 Å². The predicted octanol–water partition coefficient (Wildman–Crippen LogP) is 1.67. The molecular formula is C17H20Cl2N2O7S. The summed E-state index contributed by atoms with van der Waals surface area (Å²) in [7, 11) is -2.96. The second-order valence-electron chi connectivity index (χ2n) is 6.40. The fraction of sp³-hybridized carbons (Fsp3) is 0.471. The Morgan fingerprint density at radius 1 is 1.28 bits per heavy atom. The number of carboxylic acid groups (broad SMARTS) is 1. The van der Waals surface area contributed by atoms with Gasteiger partial charge < -0.3 is 15.2 Å². The molecule has 0 unspecified atom stereocenters. The number of hydrogen-bond donors (Lipinski definition) is 2. The molecule has 1 saturated heterocycles. The normalized spacial score (nSPS) is 18.2. The summed E-state index contributed by atoms with van der Waals surface area (Å²) in [5.74, 6) is -2.66. The molecule has 0 saturated carbocycles. The summed E-state index contributed by atoms with van der Waals surface area (Å²) in [4.78, 5) is 35.2. The molecule has 1 fully saturated rings. The Bertz CT molecular complexity index is 887. The van der Waals surface area contributed by atoms with Crippen molar-refractivity contribution in [1.82, 2.24) is 9.62 Å². The van der Waals surface area contributed by atoms with Crippen molar-refractivity contribution in [2.45, 2.75) is 42.7 Å². The van der Waals surface area contributed by atoms with Gasteiger partial charge in [-0.3, -0.25) is 9.59 Å². The lowest BCUT2D eigenvalue weighted by atomic mass is 10.1. The molecule has 1 aromatic carbocycles. The lowest BCUT2D eigenvalue weighted by molar-refractivity contribution is -0.146. The number of nitrogens with zero attached hydrogens (tertiary/aromatic N) is 1. The summed E-state index contributed by atoms with van der Waals surface area (Å²) >= 11 is 11.8. The largest absolute Gasteiger partial charge is 0.481 e. The van der Waals surface area contributed by atoms with Gasteiger partial charge >= 0.3 is 11.9 Å². The predicted molar refractivity (Wildman–Crippen MR) is 104 cm³/mol. The number of nitrogens with one attached hydrogen (secondary N) is 1. The summed E-state index contributed by atoms with van der Waals surface area (Å²) in [6, 6.07) is 1.60. The third-order valence-electron chi connectivity index (χ3n) is 4.40. The first-order valence-corrected chi connectivity index (χ1v) is 10.8. The Kier molecular flexibility index (Phi) is 7.87. The molecule has 2 rings (SSSR count). The average molecular weight is 467 g/mol. The maximum atomic E-state index is 13.0. The van der Waals surface area contributed by atoms with Gasteiger partial charge in [-0.25, -0.2) is 13.2 Å². The Hall–Kier alpha value is -1.88. The molecule has 160 valence electrons. The standard InChI is InChI=1S/C17H20Cl2N2O7S/c1-28-17(25)13(4-5-15(22)23)20-16(24)14-3-2-6-21(14)29(26,27)12-8-10(18)7-11(19)9-12/h7-9,13-14H,2-6H2,1H3,(H,20,24)(H,22,23)/t13-,14-/m0/s1. The lowest BCUT2D eigenvalue weighted by Crippen LogP contribution is -2.51. The molecule has 0 spiro atoms. The van der Waals surface area contributed by atoms with Crippen LogP contribution in [0.1, 0.15) is 25.7 Å². The molecule has 0 radical (unpaired) electrons. The van der Waals surface area contributed by atoms with Crippen LogP contribution in [0.25, 0.3) is 0 Å². The molecular weight excluding hydrogens is 447 g/mol. The second-order valence-corrected chi connectivity index (χ2v) is 9.16. The highest BCUT2D eigenvalue weighted by Crippen LogP contribution is 2.29. The van der Waals surface area contributed by atoms with E-state index in [9.17, 15) is 22.8 Å². The highest BCUT2D eigenvalue weighted by molar-refractivity contribution is 7.89. The number of esters is 1. The van der Waals surface area contributed by atoms with Crippen molar-refractivity contribution in [3.8, 4) is 0 Å². The number of carbonyl (C=O) groups is 3. The van der Waals surface area contributed by atoms with E-state index in [1.54, 1.807) is 0 Å². The Balaban J connectivity index is 2.22. The number of halogens is 2. The molecule has 0 aliphatic carbocycles. The van der Waals surface area contributed by atoms with Crippen molar-refractivity contribution in [2.24, 2.45) is 0 Å². The zero-order chi connectivity index (χ0) is 21.8. The van der Waals surface area contributed by atoms with Gasteiger partial charge in [-0.1, -0.05) is 23.2 Å². The van der Waals surface area contributed by atoms with Crippen molar-refractivity contribution >= 4 is 51.1 Å². The maximum Gasteiger partial charge on any atom is 0.328 e. The molecule has 2 N–H and O–H groups in total. The summed E-state index contributed by atoms with van der Waals surface area (Å²) in [5, 5.41) is 11.5. The first-order valence-electron chi connectivity index (χ1n) is 8.64. The van der Waals surface area contributed by atoms with Crippen LogP contribution in [0.15, 0.2) is 23.1 Å². The van der Waals surface area contributed by atoms with Crippen LogP contribution in [0.2, 0.25) is 10.0 Å². The van der Waals surface area contributed by atoms with Crippen molar-refractivity contribution in [1.29, 1.82) is 0 Å². The van der Waals surface area contributed by atoms with Crippen molar-refractivity contribution < 1.29 is 32.6 Å². The third-order valence-corrected chi connectivity index (χ3v) is 6.72. The number of amides is 1. The molecule has 9 nitrogen and oxygen atoms in total. The van der Waals surface area contributed by atoms with Crippen LogP contribution in [-0.2, 0) is 29.1 Å². The Labute approximate surface area is 178 Å². The second kappa shape index (κ2) is 9.75. The van der Waals surface area contributed by atoms with Crippen LogP contribution in [0.4, 0.5) is 0 Å². The minimum atomic E-state index is -4.07. The van der Waals surface area contributed by atoms with E-state index in [1.807, 2.05) is 0 Å². The number of rotatable bonds is 8. The molecule has 1 aromatic rings. The van der Waals surface area contributed by atoms with Gasteiger partial charge in [0.1, 0.15) is 12.1 Å². The molecule has 2 atom stereocenters. The average Bonchev–Trinajstić information content (AvgIpc) is 3.14. The van der Waals surface area contributed by atoms with Crippen LogP contribution in [0.3, 0.4) is 0 Å². The van der Waals surface area contributed by atoms with E-state index >= 15 is 0 Å². The summed E-state index contributed by atoms with van der Waals surface area (Å²) in [6.07, 6.45) is 0.126. The number of ether oxygens (including phenoxy) is 1. The van der Waals surface area contributed by atoms with Gasteiger partial charge in [0.15, 0.2) is 0 Å². The maximum absolute atomic E-state index is 13.0. The molecule has 0 bridgehead atoms. The molecule has 12 heteroatoms. The zero-order valence-electron chi connectivity index (χ0n) is 15.4. The number of carbonyl (C=O) groups excluding carboxylic acids is 2. The van der Waals surface area contributed by atoms with Gasteiger partial charge in [0.25, 0.3) is 0 Å². The van der Waals surface area contributed by atoms with Crippen molar-refractivity contribution in [3.05, 3.63) is 28.2 Å². The first kappa shape index (κ1) is 23.4. The minimum absolute atomic E-state index is 0.0998. The van der Waals surface area contributed by atoms with Crippen LogP contribution in [0.5, 0.6) is 0 Å². The van der Waals surface area contributed by atoms with E-state index in [-0.39, 0.29) is 40.7 Å². The topological polar surface area (TPSA) is 130 Å². The number of methoxy groups -OCH3 is 1. The molecule has 1 amide bonds. The van der Waals surface area contributed by atoms with Gasteiger partial charge in [0, 0.05) is 23.0 Å². The summed E-state index contributed by atoms with van der Waals surface area (Å²) in [6.45, 7) is 0.0998. The highest BCUT2D eigenvalue weighted by Gasteiger charge is 2.40. The smallest absolute Gasteiger partial charge is 0.328 e. The van der Waals surface area contributed by atoms with Gasteiger partial charge in [0.05, 0.1) is 12.0 Å². The SMILES string of the molecule is COC(=O)[C@H](CCC(=O)O)NC(=O)[C@@H]1CCCN1S(=O)(=O)c1cc(Cl)cc(Cl)c1. The number of aliphatic carboxylic acids is 1. The lowest BCUT2D eigenvalue weighted by Gasteiger charge is -2.25. The fourth-order valence-corrected chi connectivity index (χ4v) is 5.41. The van der Waals surface area contributed by atoms with E-state index in [2.05, 4.69) is 10.1 Å². The van der Waals surface area contributed by atoms with Crippen LogP contribution >= 0.6 is 23.2 Å². The van der Waals surface area contributed by atoms with E-state index in [0.29, 0.717) is 6.42 Å². The van der Waals surface area contributed by atoms with E-state index < -0.39 is 40.0 Å². The minimum Gasteiger partial charge on any atom is -0.481 e. The quantitative estimate of drug-likeness (QED) is 0.557. The van der Waals surface area contributed by atoms with E-state index in [1.165, 1.54) is 18.2 Å². The van der Waals surface area contributed by atoms with Crippen LogP contribution in [0, 0.1) is 0 Å². The van der Waals surface area contributed by atoms with Gasteiger partial charge in [-0.05, 0) is 37.5 Å². The molecule has 1 heterocycles. The monoisotopic (exact) mass is 466 g/mol. The third kappa shape index (κ3) is 5.81. The zero-order valence-corrected chi connectivity index (χ0v) is 17.8. The Morgan fingerprint density at radius 2 is 1.90 bits per heavy atom. The number of carboxylic acids is 1. The number of benzene rings is 1. The molecule has 1 aliphatic heterocycles.